The van der Waals surface area contributed by atoms with E-state index in [-0.39, 0.29) is 0 Å². The van der Waals surface area contributed by atoms with E-state index in [4.69, 9.17) is 10.0 Å². The summed E-state index contributed by atoms with van der Waals surface area (Å²) in [4.78, 5) is 0. The molecular weight excluding hydrogens is 331 g/mol. The highest BCUT2D eigenvalue weighted by molar-refractivity contribution is 6.58. The van der Waals surface area contributed by atoms with E-state index in [0.29, 0.717) is 5.46 Å². The van der Waals surface area contributed by atoms with Gasteiger partial charge < -0.3 is 10.0 Å². The summed E-state index contributed by atoms with van der Waals surface area (Å²) in [5, 5.41) is 17.6. The summed E-state index contributed by atoms with van der Waals surface area (Å²) in [5.41, 5.74) is 10.8. The van der Waals surface area contributed by atoms with Crippen LogP contribution in [0.3, 0.4) is 0 Å². The molecule has 0 aliphatic carbocycles. The highest BCUT2D eigenvalue weighted by Gasteiger charge is 2.10. The van der Waals surface area contributed by atoms with Crippen LogP contribution in [0.25, 0.3) is 11.1 Å². The second-order valence-electron chi connectivity index (χ2n) is 7.32. The van der Waals surface area contributed by atoms with Crippen molar-refractivity contribution in [2.45, 2.75) is 41.5 Å². The van der Waals surface area contributed by atoms with Crippen molar-refractivity contribution in [2.24, 2.45) is 0 Å². The van der Waals surface area contributed by atoms with Crippen molar-refractivity contribution in [3.8, 4) is 11.1 Å². The Bertz CT molecular complexity index is 880. The second-order valence-corrected chi connectivity index (χ2v) is 7.32. The van der Waals surface area contributed by atoms with E-state index >= 15 is 0 Å². The number of benzene rings is 3. The van der Waals surface area contributed by atoms with Gasteiger partial charge in [0, 0.05) is 0 Å². The average Bonchev–Trinajstić information content (AvgIpc) is 2.62. The molecule has 0 bridgehead atoms. The first-order valence-electron chi connectivity index (χ1n) is 9.27. The minimum absolute atomic E-state index is 0.549. The fourth-order valence-corrected chi connectivity index (χ4v) is 2.77. The van der Waals surface area contributed by atoms with Gasteiger partial charge in [-0.3, -0.25) is 0 Å². The van der Waals surface area contributed by atoms with Crippen molar-refractivity contribution in [2.75, 3.05) is 0 Å². The van der Waals surface area contributed by atoms with Crippen LogP contribution in [0, 0.1) is 41.5 Å². The lowest BCUT2D eigenvalue weighted by molar-refractivity contribution is 0.425. The van der Waals surface area contributed by atoms with Gasteiger partial charge in [-0.15, -0.1) is 0 Å². The largest absolute Gasteiger partial charge is 0.488 e. The standard InChI is InChI=1S/C16H18.C8H11BO2/c1-11-5-7-15(9-13(11)3)16-8-6-12(2)14(4)10-16;1-6-3-4-8(9(10)11)5-7(6)2/h5-10H,1-4H3;3-5,10-11H,1-2H3. The molecule has 0 unspecified atom stereocenters. The molecule has 0 atom stereocenters. The molecule has 0 saturated heterocycles. The third-order valence-electron chi connectivity index (χ3n) is 5.18. The molecule has 27 heavy (non-hydrogen) atoms. The molecule has 3 heteroatoms. The monoisotopic (exact) mass is 360 g/mol. The lowest BCUT2D eigenvalue weighted by Crippen LogP contribution is -2.29. The summed E-state index contributed by atoms with van der Waals surface area (Å²) in [7, 11) is -1.35. The molecule has 0 spiro atoms. The molecule has 3 aromatic carbocycles. The van der Waals surface area contributed by atoms with E-state index in [1.54, 1.807) is 12.1 Å². The van der Waals surface area contributed by atoms with Crippen LogP contribution in [0.4, 0.5) is 0 Å². The minimum Gasteiger partial charge on any atom is -0.423 e. The number of hydrogen-bond acceptors (Lipinski definition) is 2. The van der Waals surface area contributed by atoms with Crippen molar-refractivity contribution in [1.29, 1.82) is 0 Å². The van der Waals surface area contributed by atoms with Gasteiger partial charge in [0.2, 0.25) is 0 Å². The molecule has 0 radical (unpaired) electrons. The first kappa shape index (κ1) is 21.0. The van der Waals surface area contributed by atoms with Crippen LogP contribution in [0.5, 0.6) is 0 Å². The molecule has 3 aromatic rings. The fourth-order valence-electron chi connectivity index (χ4n) is 2.77. The van der Waals surface area contributed by atoms with Crippen molar-refractivity contribution in [3.63, 3.8) is 0 Å². The Hall–Kier alpha value is -2.36. The highest BCUT2D eigenvalue weighted by atomic mass is 16.4. The maximum atomic E-state index is 8.79. The zero-order valence-electron chi connectivity index (χ0n) is 17.2. The molecule has 0 fully saturated rings. The molecule has 2 nitrogen and oxygen atoms in total. The predicted octanol–water partition coefficient (Wildman–Crippen LogP) is 4.57. The summed E-state index contributed by atoms with van der Waals surface area (Å²) < 4.78 is 0. The van der Waals surface area contributed by atoms with E-state index in [9.17, 15) is 0 Å². The van der Waals surface area contributed by atoms with Crippen LogP contribution >= 0.6 is 0 Å². The van der Waals surface area contributed by atoms with Crippen LogP contribution in [-0.4, -0.2) is 17.2 Å². The fraction of sp³-hybridized carbons (Fsp3) is 0.250. The maximum Gasteiger partial charge on any atom is 0.488 e. The van der Waals surface area contributed by atoms with E-state index in [1.807, 2.05) is 19.9 Å². The predicted molar refractivity (Wildman–Crippen MR) is 117 cm³/mol. The van der Waals surface area contributed by atoms with E-state index in [2.05, 4.69) is 64.1 Å². The summed E-state index contributed by atoms with van der Waals surface area (Å²) >= 11 is 0. The SMILES string of the molecule is Cc1ccc(-c2ccc(C)c(C)c2)cc1C.Cc1ccc(B(O)O)cc1C. The van der Waals surface area contributed by atoms with Gasteiger partial charge in [0.25, 0.3) is 0 Å². The summed E-state index contributed by atoms with van der Waals surface area (Å²) in [6, 6.07) is 18.7. The lowest BCUT2D eigenvalue weighted by atomic mass is 9.79. The van der Waals surface area contributed by atoms with Gasteiger partial charge in [0.15, 0.2) is 0 Å². The minimum atomic E-state index is -1.35. The normalized spacial score (nSPS) is 10.2. The Balaban J connectivity index is 0.000000208. The molecule has 0 aromatic heterocycles. The zero-order chi connectivity index (χ0) is 20.1. The van der Waals surface area contributed by atoms with Crippen LogP contribution in [-0.2, 0) is 0 Å². The molecule has 3 rings (SSSR count). The quantitative estimate of drug-likeness (QED) is 0.657. The maximum absolute atomic E-state index is 8.79. The van der Waals surface area contributed by atoms with E-state index in [0.717, 1.165) is 11.1 Å². The third-order valence-corrected chi connectivity index (χ3v) is 5.18. The van der Waals surface area contributed by atoms with Gasteiger partial charge in [0.1, 0.15) is 0 Å². The zero-order valence-corrected chi connectivity index (χ0v) is 17.2. The first-order chi connectivity index (χ1) is 12.7. The van der Waals surface area contributed by atoms with Crippen LogP contribution in [0.15, 0.2) is 54.6 Å². The smallest absolute Gasteiger partial charge is 0.423 e. The van der Waals surface area contributed by atoms with Gasteiger partial charge >= 0.3 is 7.12 Å². The van der Waals surface area contributed by atoms with E-state index < -0.39 is 7.12 Å². The molecule has 0 amide bonds. The van der Waals surface area contributed by atoms with Gasteiger partial charge in [-0.1, -0.05) is 54.6 Å². The molecule has 0 heterocycles. The molecule has 0 aliphatic rings. The van der Waals surface area contributed by atoms with Crippen molar-refractivity contribution in [1.82, 2.24) is 0 Å². The van der Waals surface area contributed by atoms with Gasteiger partial charge in [-0.2, -0.15) is 0 Å². The Kier molecular flexibility index (Phi) is 7.01. The Morgan fingerprint density at radius 2 is 0.852 bits per heavy atom. The van der Waals surface area contributed by atoms with Crippen LogP contribution in [0.1, 0.15) is 33.4 Å². The Morgan fingerprint density at radius 3 is 1.19 bits per heavy atom. The Morgan fingerprint density at radius 1 is 0.481 bits per heavy atom. The summed E-state index contributed by atoms with van der Waals surface area (Å²) in [6.45, 7) is 12.6. The third kappa shape index (κ3) is 5.56. The molecule has 140 valence electrons. The molecule has 0 saturated carbocycles. The number of rotatable bonds is 2. The second kappa shape index (κ2) is 9.03. The average molecular weight is 360 g/mol. The lowest BCUT2D eigenvalue weighted by Gasteiger charge is -2.08. The Labute approximate surface area is 163 Å². The van der Waals surface area contributed by atoms with Crippen LogP contribution in [0.2, 0.25) is 0 Å². The van der Waals surface area contributed by atoms with Gasteiger partial charge in [-0.25, -0.2) is 0 Å². The first-order valence-corrected chi connectivity index (χ1v) is 9.27. The number of hydrogen-bond donors (Lipinski definition) is 2. The van der Waals surface area contributed by atoms with Crippen LogP contribution < -0.4 is 5.46 Å². The topological polar surface area (TPSA) is 40.5 Å². The van der Waals surface area contributed by atoms with E-state index in [1.165, 1.54) is 33.4 Å². The summed E-state index contributed by atoms with van der Waals surface area (Å²) in [6.07, 6.45) is 0. The summed E-state index contributed by atoms with van der Waals surface area (Å²) in [5.74, 6) is 0. The number of aryl methyl sites for hydroxylation is 6. The highest BCUT2D eigenvalue weighted by Crippen LogP contribution is 2.24. The van der Waals surface area contributed by atoms with Gasteiger partial charge in [0.05, 0.1) is 0 Å². The molecule has 2 N–H and O–H groups in total. The van der Waals surface area contributed by atoms with Gasteiger partial charge in [-0.05, 0) is 91.5 Å². The van der Waals surface area contributed by atoms with Crippen molar-refractivity contribution in [3.05, 3.63) is 88.0 Å². The molecular formula is C24H29BO2. The molecule has 0 aliphatic heterocycles. The van der Waals surface area contributed by atoms with Crippen molar-refractivity contribution >= 4 is 12.6 Å². The van der Waals surface area contributed by atoms with Crippen molar-refractivity contribution < 1.29 is 10.0 Å².